The molecule has 1 aromatic heterocycles. The second-order valence-electron chi connectivity index (χ2n) is 8.23. The largest absolute Gasteiger partial charge is 0.348 e. The molecule has 0 unspecified atom stereocenters. The van der Waals surface area contributed by atoms with E-state index in [0.717, 1.165) is 42.3 Å². The molecule has 4 nitrogen and oxygen atoms in total. The number of hydrogen-bond donors (Lipinski definition) is 1. The molecule has 152 valence electrons. The van der Waals surface area contributed by atoms with Crippen molar-refractivity contribution in [3.05, 3.63) is 77.5 Å². The topological polar surface area (TPSA) is 57.8 Å². The lowest BCUT2D eigenvalue weighted by molar-refractivity contribution is -0.118. The number of nitrogens with one attached hydrogen (secondary N) is 1. The Bertz CT molecular complexity index is 1100. The quantitative estimate of drug-likeness (QED) is 0.470. The van der Waals surface area contributed by atoms with E-state index in [0.29, 0.717) is 5.92 Å². The molecule has 0 radical (unpaired) electrons. The van der Waals surface area contributed by atoms with Gasteiger partial charge in [0, 0.05) is 35.2 Å². The van der Waals surface area contributed by atoms with Crippen LogP contribution in [0.5, 0.6) is 0 Å². The van der Waals surface area contributed by atoms with E-state index in [1.165, 1.54) is 12.0 Å². The van der Waals surface area contributed by atoms with Gasteiger partial charge in [-0.25, -0.2) is 0 Å². The second-order valence-corrected chi connectivity index (χ2v) is 8.23. The van der Waals surface area contributed by atoms with Crippen LogP contribution in [0.2, 0.25) is 0 Å². The van der Waals surface area contributed by atoms with E-state index in [1.807, 2.05) is 42.6 Å². The van der Waals surface area contributed by atoms with Crippen molar-refractivity contribution in [3.8, 4) is 6.07 Å². The fourth-order valence-electron chi connectivity index (χ4n) is 4.38. The average Bonchev–Trinajstić information content (AvgIpc) is 3.11. The van der Waals surface area contributed by atoms with Crippen molar-refractivity contribution in [1.29, 1.82) is 5.26 Å². The highest BCUT2D eigenvalue weighted by atomic mass is 16.1. The predicted octanol–water partition coefficient (Wildman–Crippen LogP) is 5.29. The summed E-state index contributed by atoms with van der Waals surface area (Å²) in [5.74, 6) is 0.187. The monoisotopic (exact) mass is 397 g/mol. The van der Waals surface area contributed by atoms with Gasteiger partial charge in [0.05, 0.1) is 0 Å². The van der Waals surface area contributed by atoms with E-state index in [9.17, 15) is 10.1 Å². The van der Waals surface area contributed by atoms with Crippen LogP contribution in [0.4, 0.5) is 0 Å². The predicted molar refractivity (Wildman–Crippen MR) is 121 cm³/mol. The lowest BCUT2D eigenvalue weighted by Gasteiger charge is -2.29. The Hall–Kier alpha value is -3.32. The molecule has 1 fully saturated rings. The van der Waals surface area contributed by atoms with Crippen molar-refractivity contribution < 1.29 is 4.79 Å². The van der Waals surface area contributed by atoms with Gasteiger partial charge in [-0.2, -0.15) is 5.26 Å². The fourth-order valence-corrected chi connectivity index (χ4v) is 4.38. The number of carbonyl (C=O) groups is 1. The molecule has 30 heavy (non-hydrogen) atoms. The summed E-state index contributed by atoms with van der Waals surface area (Å²) < 4.78 is 2.17. The first-order valence-electron chi connectivity index (χ1n) is 10.7. The molecule has 1 saturated carbocycles. The van der Waals surface area contributed by atoms with Crippen molar-refractivity contribution in [2.24, 2.45) is 5.92 Å². The van der Waals surface area contributed by atoms with E-state index in [2.05, 4.69) is 41.1 Å². The smallest absolute Gasteiger partial charge is 0.262 e. The van der Waals surface area contributed by atoms with Gasteiger partial charge in [-0.1, -0.05) is 68.3 Å². The van der Waals surface area contributed by atoms with Crippen molar-refractivity contribution in [3.63, 3.8) is 0 Å². The molecule has 4 rings (SSSR count). The number of carbonyl (C=O) groups excluding carboxylic acids is 1. The van der Waals surface area contributed by atoms with Gasteiger partial charge in [-0.05, 0) is 36.5 Å². The number of amides is 1. The summed E-state index contributed by atoms with van der Waals surface area (Å²) in [6, 6.07) is 20.7. The molecule has 2 atom stereocenters. The first-order valence-corrected chi connectivity index (χ1v) is 10.7. The molecule has 0 saturated heterocycles. The van der Waals surface area contributed by atoms with Crippen LogP contribution in [0.15, 0.2) is 66.4 Å². The maximum atomic E-state index is 12.8. The molecule has 1 amide bonds. The molecule has 1 aliphatic carbocycles. The number of rotatable bonds is 5. The zero-order chi connectivity index (χ0) is 20.9. The number of hydrogen-bond acceptors (Lipinski definition) is 2. The Kier molecular flexibility index (Phi) is 5.99. The third-order valence-corrected chi connectivity index (χ3v) is 6.11. The third-order valence-electron chi connectivity index (χ3n) is 6.11. The molecule has 0 spiro atoms. The minimum absolute atomic E-state index is 0.155. The molecule has 2 aromatic carbocycles. The zero-order valence-corrected chi connectivity index (χ0v) is 17.3. The molecule has 1 aliphatic rings. The number of fused-ring (bicyclic) bond motifs is 1. The Morgan fingerprint density at radius 2 is 1.87 bits per heavy atom. The summed E-state index contributed by atoms with van der Waals surface area (Å²) in [6.07, 6.45) is 8.23. The minimum atomic E-state index is -0.267. The normalized spacial score (nSPS) is 19.4. The molecule has 3 aromatic rings. The highest BCUT2D eigenvalue weighted by Gasteiger charge is 2.24. The molecule has 1 heterocycles. The standard InChI is InChI=1S/C26H27N3O/c1-19-9-5-7-13-24(19)28-26(30)21(16-27)15-22-18-29(17-20-10-3-2-4-11-20)25-14-8-6-12-23(22)25/h2-4,6,8,10-12,14-15,18-19,24H,5,7,9,13,17H2,1H3,(H,28,30)/b21-15+/t19-,24+/m1/s1. The lowest BCUT2D eigenvalue weighted by atomic mass is 9.86. The lowest BCUT2D eigenvalue weighted by Crippen LogP contribution is -2.41. The summed E-state index contributed by atoms with van der Waals surface area (Å²) >= 11 is 0. The van der Waals surface area contributed by atoms with Crippen LogP contribution in [0, 0.1) is 17.2 Å². The van der Waals surface area contributed by atoms with Gasteiger partial charge < -0.3 is 9.88 Å². The summed E-state index contributed by atoms with van der Waals surface area (Å²) in [5, 5.41) is 13.8. The Labute approximate surface area is 177 Å². The van der Waals surface area contributed by atoms with E-state index in [1.54, 1.807) is 6.08 Å². The van der Waals surface area contributed by atoms with Crippen LogP contribution in [-0.2, 0) is 11.3 Å². The highest BCUT2D eigenvalue weighted by Crippen LogP contribution is 2.26. The van der Waals surface area contributed by atoms with Crippen molar-refractivity contribution in [2.75, 3.05) is 0 Å². The average molecular weight is 398 g/mol. The highest BCUT2D eigenvalue weighted by molar-refractivity contribution is 6.04. The molecule has 4 heteroatoms. The Morgan fingerprint density at radius 3 is 2.63 bits per heavy atom. The zero-order valence-electron chi connectivity index (χ0n) is 17.3. The Balaban J connectivity index is 1.63. The molecule has 0 aliphatic heterocycles. The van der Waals surface area contributed by atoms with Crippen molar-refractivity contribution in [1.82, 2.24) is 9.88 Å². The van der Waals surface area contributed by atoms with E-state index in [-0.39, 0.29) is 17.5 Å². The number of nitriles is 1. The maximum absolute atomic E-state index is 12.8. The third kappa shape index (κ3) is 4.31. The Morgan fingerprint density at radius 1 is 1.13 bits per heavy atom. The first-order chi connectivity index (χ1) is 14.7. The first kappa shape index (κ1) is 20.0. The maximum Gasteiger partial charge on any atom is 0.262 e. The second kappa shape index (κ2) is 9.00. The SMILES string of the molecule is C[C@@H]1CCCC[C@@H]1NC(=O)/C(C#N)=C/c1cn(Cc2ccccc2)c2ccccc12. The van der Waals surface area contributed by atoms with Crippen LogP contribution in [0.25, 0.3) is 17.0 Å². The molecule has 0 bridgehead atoms. The van der Waals surface area contributed by atoms with E-state index >= 15 is 0 Å². The van der Waals surface area contributed by atoms with Gasteiger partial charge in [0.2, 0.25) is 0 Å². The minimum Gasteiger partial charge on any atom is -0.348 e. The van der Waals surface area contributed by atoms with Gasteiger partial charge in [-0.3, -0.25) is 4.79 Å². The van der Waals surface area contributed by atoms with Crippen LogP contribution < -0.4 is 5.32 Å². The molecular formula is C26H27N3O. The fraction of sp³-hybridized carbons (Fsp3) is 0.308. The summed E-state index contributed by atoms with van der Waals surface area (Å²) in [7, 11) is 0. The van der Waals surface area contributed by atoms with E-state index in [4.69, 9.17) is 0 Å². The van der Waals surface area contributed by atoms with Gasteiger partial charge in [0.1, 0.15) is 11.6 Å². The van der Waals surface area contributed by atoms with Gasteiger partial charge >= 0.3 is 0 Å². The number of nitrogens with zero attached hydrogens (tertiary/aromatic N) is 2. The van der Waals surface area contributed by atoms with Gasteiger partial charge in [-0.15, -0.1) is 0 Å². The van der Waals surface area contributed by atoms with Crippen LogP contribution in [0.3, 0.4) is 0 Å². The van der Waals surface area contributed by atoms with Crippen LogP contribution in [0.1, 0.15) is 43.7 Å². The van der Waals surface area contributed by atoms with Crippen LogP contribution in [-0.4, -0.2) is 16.5 Å². The van der Waals surface area contributed by atoms with Crippen LogP contribution >= 0.6 is 0 Å². The summed E-state index contributed by atoms with van der Waals surface area (Å²) in [4.78, 5) is 12.8. The van der Waals surface area contributed by atoms with Gasteiger partial charge in [0.25, 0.3) is 5.91 Å². The van der Waals surface area contributed by atoms with E-state index < -0.39 is 0 Å². The molecule has 1 N–H and O–H groups in total. The van der Waals surface area contributed by atoms with Gasteiger partial charge in [0.15, 0.2) is 0 Å². The number of aromatic nitrogens is 1. The molecular weight excluding hydrogens is 370 g/mol. The van der Waals surface area contributed by atoms with Crippen molar-refractivity contribution in [2.45, 2.75) is 45.2 Å². The van der Waals surface area contributed by atoms with Crippen molar-refractivity contribution >= 4 is 22.9 Å². The summed E-state index contributed by atoms with van der Waals surface area (Å²) in [5.41, 5.74) is 3.35. The summed E-state index contributed by atoms with van der Waals surface area (Å²) in [6.45, 7) is 2.92. The number of benzene rings is 2. The number of para-hydroxylation sites is 1.